The zero-order valence-corrected chi connectivity index (χ0v) is 13.4. The number of carboxylic acids is 1. The van der Waals surface area contributed by atoms with Crippen molar-refractivity contribution in [3.8, 4) is 0 Å². The van der Waals surface area contributed by atoms with Crippen LogP contribution in [0.4, 0.5) is 5.13 Å². The Hall–Kier alpha value is -1.95. The van der Waals surface area contributed by atoms with Crippen LogP contribution in [0.3, 0.4) is 0 Å². The Morgan fingerprint density at radius 3 is 2.38 bits per heavy atom. The van der Waals surface area contributed by atoms with Crippen LogP contribution in [-0.4, -0.2) is 27.5 Å². The first-order chi connectivity index (χ1) is 9.77. The minimum absolute atomic E-state index is 0.0568. The maximum absolute atomic E-state index is 10.8. The van der Waals surface area contributed by atoms with Gasteiger partial charge in [0.05, 0.1) is 5.56 Å². The average molecular weight is 305 g/mol. The molecule has 0 atom stereocenters. The molecule has 0 radical (unpaired) electrons. The third-order valence-electron chi connectivity index (χ3n) is 3.03. The monoisotopic (exact) mass is 305 g/mol. The molecule has 6 heteroatoms. The molecule has 0 spiro atoms. The molecule has 112 valence electrons. The van der Waals surface area contributed by atoms with Crippen LogP contribution in [0.1, 0.15) is 42.5 Å². The topological polar surface area (TPSA) is 66.3 Å². The van der Waals surface area contributed by atoms with Crippen LogP contribution in [0.15, 0.2) is 24.3 Å². The highest BCUT2D eigenvalue weighted by atomic mass is 32.1. The summed E-state index contributed by atoms with van der Waals surface area (Å²) in [6, 6.07) is 6.88. The summed E-state index contributed by atoms with van der Waals surface area (Å²) in [7, 11) is 1.96. The second-order valence-electron chi connectivity index (χ2n) is 6.01. The van der Waals surface area contributed by atoms with E-state index in [0.29, 0.717) is 12.1 Å². The number of hydrogen-bond donors (Lipinski definition) is 1. The first kappa shape index (κ1) is 15.4. The van der Waals surface area contributed by atoms with Crippen molar-refractivity contribution < 1.29 is 9.90 Å². The number of rotatable bonds is 4. The van der Waals surface area contributed by atoms with E-state index in [9.17, 15) is 4.79 Å². The largest absolute Gasteiger partial charge is 0.478 e. The Balaban J connectivity index is 2.09. The van der Waals surface area contributed by atoms with Crippen molar-refractivity contribution in [2.75, 3.05) is 11.9 Å². The first-order valence-corrected chi connectivity index (χ1v) is 7.42. The van der Waals surface area contributed by atoms with Gasteiger partial charge >= 0.3 is 5.97 Å². The quantitative estimate of drug-likeness (QED) is 0.939. The van der Waals surface area contributed by atoms with Crippen LogP contribution in [-0.2, 0) is 12.0 Å². The van der Waals surface area contributed by atoms with E-state index >= 15 is 0 Å². The molecule has 1 aromatic heterocycles. The van der Waals surface area contributed by atoms with Crippen LogP contribution in [0.2, 0.25) is 0 Å². The van der Waals surface area contributed by atoms with Gasteiger partial charge in [0, 0.05) is 30.5 Å². The molecule has 0 aliphatic heterocycles. The molecule has 0 aliphatic rings. The molecule has 0 fully saturated rings. The Labute approximate surface area is 128 Å². The third kappa shape index (κ3) is 3.78. The molecule has 0 amide bonds. The van der Waals surface area contributed by atoms with E-state index in [4.69, 9.17) is 5.11 Å². The van der Waals surface area contributed by atoms with Gasteiger partial charge in [-0.25, -0.2) is 9.78 Å². The minimum atomic E-state index is -0.908. The fourth-order valence-electron chi connectivity index (χ4n) is 1.77. The van der Waals surface area contributed by atoms with Crippen LogP contribution in [0.25, 0.3) is 0 Å². The smallest absolute Gasteiger partial charge is 0.335 e. The van der Waals surface area contributed by atoms with Crippen LogP contribution < -0.4 is 4.90 Å². The molecule has 1 heterocycles. The molecular formula is C15H19N3O2S. The molecule has 21 heavy (non-hydrogen) atoms. The number of aromatic carboxylic acids is 1. The van der Waals surface area contributed by atoms with Crippen molar-refractivity contribution in [1.82, 2.24) is 9.36 Å². The summed E-state index contributed by atoms with van der Waals surface area (Å²) in [6.07, 6.45) is 0. The number of carboxylic acid groups (broad SMARTS) is 1. The highest BCUT2D eigenvalue weighted by Crippen LogP contribution is 2.25. The van der Waals surface area contributed by atoms with E-state index in [-0.39, 0.29) is 5.41 Å². The van der Waals surface area contributed by atoms with Crippen molar-refractivity contribution in [3.63, 3.8) is 0 Å². The van der Waals surface area contributed by atoms with Gasteiger partial charge in [0.25, 0.3) is 0 Å². The molecule has 0 bridgehead atoms. The van der Waals surface area contributed by atoms with Gasteiger partial charge in [0.15, 0.2) is 0 Å². The molecule has 0 saturated heterocycles. The average Bonchev–Trinajstić information content (AvgIpc) is 2.88. The highest BCUT2D eigenvalue weighted by molar-refractivity contribution is 7.09. The van der Waals surface area contributed by atoms with E-state index in [2.05, 4.69) is 30.1 Å². The second kappa shape index (κ2) is 5.81. The van der Waals surface area contributed by atoms with E-state index in [1.807, 2.05) is 24.1 Å². The molecule has 5 nitrogen and oxygen atoms in total. The number of aromatic nitrogens is 2. The number of anilines is 1. The lowest BCUT2D eigenvalue weighted by Crippen LogP contribution is -2.18. The van der Waals surface area contributed by atoms with Crippen LogP contribution in [0.5, 0.6) is 0 Å². The SMILES string of the molecule is CN(Cc1ccc(C(=O)O)cc1)c1nc(C(C)(C)C)ns1. The highest BCUT2D eigenvalue weighted by Gasteiger charge is 2.20. The van der Waals surface area contributed by atoms with Crippen molar-refractivity contribution in [1.29, 1.82) is 0 Å². The summed E-state index contributed by atoms with van der Waals surface area (Å²) in [5, 5.41) is 9.75. The first-order valence-electron chi connectivity index (χ1n) is 6.65. The van der Waals surface area contributed by atoms with Gasteiger partial charge < -0.3 is 10.0 Å². The normalized spacial score (nSPS) is 11.4. The summed E-state index contributed by atoms with van der Waals surface area (Å²) in [5.74, 6) is -0.0653. The van der Waals surface area contributed by atoms with Gasteiger partial charge in [-0.3, -0.25) is 0 Å². The lowest BCUT2D eigenvalue weighted by Gasteiger charge is -2.16. The van der Waals surface area contributed by atoms with Gasteiger partial charge in [0.1, 0.15) is 5.82 Å². The van der Waals surface area contributed by atoms with Crippen molar-refractivity contribution >= 4 is 22.6 Å². The maximum atomic E-state index is 10.8. The summed E-state index contributed by atoms with van der Waals surface area (Å²) in [5.41, 5.74) is 1.28. The standard InChI is InChI=1S/C15H19N3O2S/c1-15(2,3)13-16-14(21-17-13)18(4)9-10-5-7-11(8-6-10)12(19)20/h5-8H,9H2,1-4H3,(H,19,20). The summed E-state index contributed by atoms with van der Waals surface area (Å²) in [4.78, 5) is 17.4. The lowest BCUT2D eigenvalue weighted by molar-refractivity contribution is 0.0697. The minimum Gasteiger partial charge on any atom is -0.478 e. The molecule has 1 aromatic carbocycles. The van der Waals surface area contributed by atoms with Gasteiger partial charge in [-0.2, -0.15) is 4.37 Å². The molecule has 0 saturated carbocycles. The Morgan fingerprint density at radius 2 is 1.90 bits per heavy atom. The Morgan fingerprint density at radius 1 is 1.29 bits per heavy atom. The van der Waals surface area contributed by atoms with E-state index in [1.165, 1.54) is 11.5 Å². The number of carbonyl (C=O) groups is 1. The number of hydrogen-bond acceptors (Lipinski definition) is 5. The van der Waals surface area contributed by atoms with Gasteiger partial charge in [-0.15, -0.1) is 0 Å². The van der Waals surface area contributed by atoms with Crippen molar-refractivity contribution in [2.24, 2.45) is 0 Å². The number of nitrogens with zero attached hydrogens (tertiary/aromatic N) is 3. The van der Waals surface area contributed by atoms with E-state index in [0.717, 1.165) is 16.5 Å². The predicted octanol–water partition coefficient (Wildman–Crippen LogP) is 3.17. The fourth-order valence-corrected chi connectivity index (χ4v) is 2.58. The molecular weight excluding hydrogens is 286 g/mol. The number of benzene rings is 1. The van der Waals surface area contributed by atoms with E-state index in [1.54, 1.807) is 12.1 Å². The Bertz CT molecular complexity index is 629. The molecule has 1 N–H and O–H groups in total. The fraction of sp³-hybridized carbons (Fsp3) is 0.400. The van der Waals surface area contributed by atoms with Crippen LogP contribution in [0, 0.1) is 0 Å². The summed E-state index contributed by atoms with van der Waals surface area (Å²) >= 11 is 1.38. The zero-order chi connectivity index (χ0) is 15.6. The Kier molecular flexibility index (Phi) is 4.27. The lowest BCUT2D eigenvalue weighted by atomic mass is 9.96. The van der Waals surface area contributed by atoms with Crippen molar-refractivity contribution in [2.45, 2.75) is 32.7 Å². The molecule has 2 rings (SSSR count). The maximum Gasteiger partial charge on any atom is 0.335 e. The van der Waals surface area contributed by atoms with Gasteiger partial charge in [0.2, 0.25) is 5.13 Å². The predicted molar refractivity (Wildman–Crippen MR) is 84.1 cm³/mol. The second-order valence-corrected chi connectivity index (χ2v) is 6.74. The third-order valence-corrected chi connectivity index (χ3v) is 3.86. The van der Waals surface area contributed by atoms with Gasteiger partial charge in [-0.05, 0) is 17.7 Å². The molecule has 0 unspecified atom stereocenters. The molecule has 2 aromatic rings. The van der Waals surface area contributed by atoms with E-state index < -0.39 is 5.97 Å². The zero-order valence-electron chi connectivity index (χ0n) is 12.6. The van der Waals surface area contributed by atoms with Crippen LogP contribution >= 0.6 is 11.5 Å². The summed E-state index contributed by atoms with van der Waals surface area (Å²) in [6.45, 7) is 6.93. The van der Waals surface area contributed by atoms with Gasteiger partial charge in [-0.1, -0.05) is 32.9 Å². The summed E-state index contributed by atoms with van der Waals surface area (Å²) < 4.78 is 4.40. The molecule has 0 aliphatic carbocycles. The van der Waals surface area contributed by atoms with Crippen molar-refractivity contribution in [3.05, 3.63) is 41.2 Å².